The predicted octanol–water partition coefficient (Wildman–Crippen LogP) is 4.14. The van der Waals surface area contributed by atoms with Gasteiger partial charge in [-0.25, -0.2) is 22.5 Å². The van der Waals surface area contributed by atoms with E-state index in [1.807, 2.05) is 0 Å². The van der Waals surface area contributed by atoms with Crippen LogP contribution in [0.25, 0.3) is 21.9 Å². The van der Waals surface area contributed by atoms with Crippen molar-refractivity contribution in [1.29, 1.82) is 0 Å². The highest BCUT2D eigenvalue weighted by Crippen LogP contribution is 2.29. The van der Waals surface area contributed by atoms with Crippen LogP contribution < -0.4 is 10.5 Å². The number of halogens is 5. The summed E-state index contributed by atoms with van der Waals surface area (Å²) < 4.78 is 58.4. The van der Waals surface area contributed by atoms with Crippen LogP contribution in [0, 0.1) is 23.3 Å². The van der Waals surface area contributed by atoms with Gasteiger partial charge in [-0.3, -0.25) is 4.79 Å². The van der Waals surface area contributed by atoms with Crippen LogP contribution in [0.3, 0.4) is 0 Å². The Balaban J connectivity index is 1.85. The summed E-state index contributed by atoms with van der Waals surface area (Å²) in [6.07, 6.45) is 1.58. The van der Waals surface area contributed by atoms with Crippen molar-refractivity contribution in [3.05, 3.63) is 68.2 Å². The van der Waals surface area contributed by atoms with Crippen LogP contribution >= 0.6 is 15.9 Å². The van der Waals surface area contributed by atoms with Crippen molar-refractivity contribution in [3.8, 4) is 0 Å². The van der Waals surface area contributed by atoms with Crippen LogP contribution in [0.1, 0.15) is 5.56 Å². The summed E-state index contributed by atoms with van der Waals surface area (Å²) in [5.74, 6) is -6.39. The molecule has 0 fully saturated rings. The van der Waals surface area contributed by atoms with Crippen LogP contribution in [0.15, 0.2) is 38.9 Å². The summed E-state index contributed by atoms with van der Waals surface area (Å²) in [6, 6.07) is 5.30. The zero-order chi connectivity index (χ0) is 21.7. The number of hydrogen-bond donors (Lipinski definition) is 1. The number of benzene rings is 2. The maximum atomic E-state index is 14.3. The Morgan fingerprint density at radius 2 is 1.80 bits per heavy atom. The van der Waals surface area contributed by atoms with Crippen molar-refractivity contribution < 1.29 is 17.6 Å². The average Bonchev–Trinajstić information content (AvgIpc) is 3.06. The molecule has 0 bridgehead atoms. The number of anilines is 1. The van der Waals surface area contributed by atoms with Crippen molar-refractivity contribution in [2.45, 2.75) is 0 Å². The molecular weight excluding hydrogens is 470 g/mol. The lowest BCUT2D eigenvalue weighted by Crippen LogP contribution is -2.19. The van der Waals surface area contributed by atoms with Crippen LogP contribution in [-0.2, 0) is 0 Å². The van der Waals surface area contributed by atoms with Gasteiger partial charge in [0.2, 0.25) is 0 Å². The van der Waals surface area contributed by atoms with Crippen molar-refractivity contribution in [1.82, 2.24) is 14.6 Å². The highest BCUT2D eigenvalue weighted by Gasteiger charge is 2.25. The number of hydrogen-bond acceptors (Lipinski definition) is 4. The molecule has 0 aliphatic carbocycles. The summed E-state index contributed by atoms with van der Waals surface area (Å²) in [5, 5.41) is 4.34. The maximum absolute atomic E-state index is 14.3. The summed E-state index contributed by atoms with van der Waals surface area (Å²) in [6.45, 7) is 0. The van der Waals surface area contributed by atoms with E-state index >= 15 is 0 Å². The summed E-state index contributed by atoms with van der Waals surface area (Å²) in [5.41, 5.74) is -1.42. The van der Waals surface area contributed by atoms with E-state index in [4.69, 9.17) is 0 Å². The third-order valence-corrected chi connectivity index (χ3v) is 4.98. The van der Waals surface area contributed by atoms with Crippen LogP contribution in [-0.4, -0.2) is 35.0 Å². The van der Waals surface area contributed by atoms with E-state index in [0.717, 1.165) is 15.7 Å². The van der Waals surface area contributed by atoms with Crippen molar-refractivity contribution in [2.24, 2.45) is 5.10 Å². The molecule has 2 heterocycles. The second-order valence-corrected chi connectivity index (χ2v) is 7.51. The minimum atomic E-state index is -1.63. The van der Waals surface area contributed by atoms with Crippen LogP contribution in [0.2, 0.25) is 0 Å². The van der Waals surface area contributed by atoms with E-state index in [0.29, 0.717) is 27.3 Å². The normalized spacial score (nSPS) is 11.8. The highest BCUT2D eigenvalue weighted by molar-refractivity contribution is 9.10. The molecule has 4 aromatic rings. The van der Waals surface area contributed by atoms with Crippen molar-refractivity contribution in [3.63, 3.8) is 0 Å². The summed E-state index contributed by atoms with van der Waals surface area (Å²) in [7, 11) is 2.49. The van der Waals surface area contributed by atoms with Gasteiger partial charge in [0.1, 0.15) is 23.0 Å². The zero-order valence-corrected chi connectivity index (χ0v) is 17.1. The molecule has 0 spiro atoms. The lowest BCUT2D eigenvalue weighted by molar-refractivity contribution is 0.453. The smallest absolute Gasteiger partial charge is 0.298 e. The van der Waals surface area contributed by atoms with E-state index in [-0.39, 0.29) is 5.52 Å². The molecule has 0 unspecified atom stereocenters. The Morgan fingerprint density at radius 3 is 2.43 bits per heavy atom. The fourth-order valence-electron chi connectivity index (χ4n) is 3.06. The minimum Gasteiger partial charge on any atom is -0.373 e. The van der Waals surface area contributed by atoms with Gasteiger partial charge in [-0.15, -0.1) is 0 Å². The number of nitrogens with zero attached hydrogens (tertiary/aromatic N) is 4. The Hall–Kier alpha value is -3.21. The lowest BCUT2D eigenvalue weighted by atomic mass is 10.1. The molecule has 0 atom stereocenters. The number of rotatable bonds is 3. The second kappa shape index (κ2) is 7.24. The molecule has 30 heavy (non-hydrogen) atoms. The second-order valence-electron chi connectivity index (χ2n) is 6.59. The van der Waals surface area contributed by atoms with E-state index in [1.54, 1.807) is 18.2 Å². The molecular formula is C19H12BrF4N5O. The molecule has 2 aromatic carbocycles. The number of fused-ring (bicyclic) bond motifs is 3. The van der Waals surface area contributed by atoms with Gasteiger partial charge in [-0.2, -0.15) is 9.78 Å². The van der Waals surface area contributed by atoms with Crippen LogP contribution in [0.5, 0.6) is 0 Å². The third-order valence-electron chi connectivity index (χ3n) is 4.48. The molecule has 4 rings (SSSR count). The standard InChI is InChI=1S/C19H12BrF4N5O/c1-28(2)18-14(23)12(21)10(13(22)15(18)24)6-26-29-7-25-16-9-5-8(20)3-4-11(9)27-17(16)19(29)30/h3-7,27H,1-2H3. The predicted molar refractivity (Wildman–Crippen MR) is 109 cm³/mol. The maximum Gasteiger partial charge on any atom is 0.298 e. The zero-order valence-electron chi connectivity index (χ0n) is 15.5. The molecule has 6 nitrogen and oxygen atoms in total. The lowest BCUT2D eigenvalue weighted by Gasteiger charge is -2.16. The molecule has 11 heteroatoms. The highest BCUT2D eigenvalue weighted by atomic mass is 79.9. The third kappa shape index (κ3) is 3.05. The Morgan fingerprint density at radius 1 is 1.13 bits per heavy atom. The first kappa shape index (κ1) is 20.1. The molecule has 154 valence electrons. The van der Waals surface area contributed by atoms with E-state index in [1.165, 1.54) is 14.1 Å². The first-order valence-electron chi connectivity index (χ1n) is 8.47. The first-order chi connectivity index (χ1) is 14.2. The monoisotopic (exact) mass is 481 g/mol. The van der Waals surface area contributed by atoms with Gasteiger partial charge >= 0.3 is 0 Å². The van der Waals surface area contributed by atoms with Gasteiger partial charge in [0.15, 0.2) is 23.3 Å². The number of aromatic amines is 1. The largest absolute Gasteiger partial charge is 0.373 e. The van der Waals surface area contributed by atoms with Crippen LogP contribution in [0.4, 0.5) is 23.2 Å². The molecule has 0 aliphatic rings. The number of H-pyrrole nitrogens is 1. The fraction of sp³-hybridized carbons (Fsp3) is 0.105. The summed E-state index contributed by atoms with van der Waals surface area (Å²) in [4.78, 5) is 20.7. The average molecular weight is 482 g/mol. The quantitative estimate of drug-likeness (QED) is 0.271. The van der Waals surface area contributed by atoms with Gasteiger partial charge in [-0.05, 0) is 18.2 Å². The molecule has 0 saturated carbocycles. The van der Waals surface area contributed by atoms with Gasteiger partial charge in [0.05, 0.1) is 11.8 Å². The van der Waals surface area contributed by atoms with E-state index in [2.05, 4.69) is 31.0 Å². The molecule has 2 aromatic heterocycles. The van der Waals surface area contributed by atoms with Crippen molar-refractivity contribution >= 4 is 49.8 Å². The van der Waals surface area contributed by atoms with E-state index < -0.39 is 40.1 Å². The molecule has 1 N–H and O–H groups in total. The van der Waals surface area contributed by atoms with Gasteiger partial charge in [0, 0.05) is 29.5 Å². The molecule has 0 amide bonds. The van der Waals surface area contributed by atoms with Crippen molar-refractivity contribution in [2.75, 3.05) is 19.0 Å². The SMILES string of the molecule is CN(C)c1c(F)c(F)c(C=Nn2cnc3c([nH]c4ccc(Br)cc43)c2=O)c(F)c1F. The molecule has 0 radical (unpaired) electrons. The minimum absolute atomic E-state index is 0.115. The Labute approximate surface area is 174 Å². The van der Waals surface area contributed by atoms with Gasteiger partial charge in [0.25, 0.3) is 5.56 Å². The Bertz CT molecular complexity index is 1380. The molecule has 0 aliphatic heterocycles. The number of aromatic nitrogens is 3. The van der Waals surface area contributed by atoms with E-state index in [9.17, 15) is 22.4 Å². The summed E-state index contributed by atoms with van der Waals surface area (Å²) >= 11 is 3.34. The Kier molecular flexibility index (Phi) is 4.85. The molecule has 0 saturated heterocycles. The topological polar surface area (TPSA) is 66.3 Å². The van der Waals surface area contributed by atoms with Gasteiger partial charge < -0.3 is 9.88 Å². The fourth-order valence-corrected chi connectivity index (χ4v) is 3.42. The van der Waals surface area contributed by atoms with Gasteiger partial charge in [-0.1, -0.05) is 15.9 Å². The number of nitrogens with one attached hydrogen (secondary N) is 1. The first-order valence-corrected chi connectivity index (χ1v) is 9.26.